The number of carboxylic acids is 1. The second kappa shape index (κ2) is 9.92. The van der Waals surface area contributed by atoms with Gasteiger partial charge in [0.1, 0.15) is 0 Å². The Hall–Kier alpha value is -2.24. The molecular formula is C20H25F3N4O3S. The first-order valence-electron chi connectivity index (χ1n) is 9.91. The van der Waals surface area contributed by atoms with E-state index in [0.717, 1.165) is 63.7 Å². The van der Waals surface area contributed by atoms with Crippen LogP contribution in [-0.4, -0.2) is 70.7 Å². The van der Waals surface area contributed by atoms with Crippen LogP contribution in [0, 0.1) is 6.92 Å². The van der Waals surface area contributed by atoms with Gasteiger partial charge in [-0.15, -0.1) is 16.4 Å². The molecule has 11 heteroatoms. The summed E-state index contributed by atoms with van der Waals surface area (Å²) >= 11 is 1.84. The molecular weight excluding hydrogens is 433 g/mol. The summed E-state index contributed by atoms with van der Waals surface area (Å²) in [4.78, 5) is 15.2. The normalized spacial score (nSPS) is 22.1. The van der Waals surface area contributed by atoms with E-state index in [1.807, 2.05) is 24.3 Å². The summed E-state index contributed by atoms with van der Waals surface area (Å²) < 4.78 is 38.0. The van der Waals surface area contributed by atoms with Crippen LogP contribution in [0.25, 0.3) is 0 Å². The molecule has 170 valence electrons. The van der Waals surface area contributed by atoms with E-state index in [9.17, 15) is 13.2 Å². The summed E-state index contributed by atoms with van der Waals surface area (Å²) in [7, 11) is 0. The topological polar surface area (TPSA) is 78.8 Å². The number of nitrogens with zero attached hydrogens (tertiary/aromatic N) is 4. The van der Waals surface area contributed by atoms with Crippen molar-refractivity contribution in [2.45, 2.75) is 38.1 Å². The van der Waals surface area contributed by atoms with Crippen molar-refractivity contribution in [3.05, 3.63) is 40.2 Å². The Morgan fingerprint density at radius 3 is 2.65 bits per heavy atom. The van der Waals surface area contributed by atoms with Crippen molar-refractivity contribution in [3.63, 3.8) is 0 Å². The molecule has 0 aromatic carbocycles. The highest BCUT2D eigenvalue weighted by Gasteiger charge is 2.41. The molecule has 1 unspecified atom stereocenters. The molecule has 0 amide bonds. The van der Waals surface area contributed by atoms with Crippen LogP contribution in [-0.2, 0) is 16.1 Å². The van der Waals surface area contributed by atoms with Crippen molar-refractivity contribution in [2.24, 2.45) is 0 Å². The first kappa shape index (κ1) is 23.4. The minimum absolute atomic E-state index is 0.0691. The number of piperidine rings is 1. The first-order valence-corrected chi connectivity index (χ1v) is 10.8. The number of carboxylic acid groups (broad SMARTS) is 1. The highest BCUT2D eigenvalue weighted by Crippen LogP contribution is 2.31. The molecule has 0 radical (unpaired) electrons. The number of aryl methyl sites for hydroxylation is 1. The van der Waals surface area contributed by atoms with Crippen molar-refractivity contribution in [3.8, 4) is 0 Å². The smallest absolute Gasteiger partial charge is 0.475 e. The van der Waals surface area contributed by atoms with E-state index in [1.165, 1.54) is 4.88 Å². The van der Waals surface area contributed by atoms with Crippen LogP contribution in [0.2, 0.25) is 0 Å². The fraction of sp³-hybridized carbons (Fsp3) is 0.550. The average Bonchev–Trinajstić information content (AvgIpc) is 3.21. The predicted octanol–water partition coefficient (Wildman–Crippen LogP) is 3.35. The molecule has 2 aliphatic rings. The third-order valence-electron chi connectivity index (χ3n) is 5.18. The van der Waals surface area contributed by atoms with E-state index < -0.39 is 12.1 Å². The highest BCUT2D eigenvalue weighted by atomic mass is 32.1. The second-order valence-electron chi connectivity index (χ2n) is 7.68. The number of ether oxygens (including phenoxy) is 1. The van der Waals surface area contributed by atoms with Gasteiger partial charge in [-0.3, -0.25) is 4.90 Å². The molecule has 2 aliphatic heterocycles. The number of alkyl halides is 3. The van der Waals surface area contributed by atoms with Gasteiger partial charge >= 0.3 is 12.1 Å². The Labute approximate surface area is 182 Å². The lowest BCUT2D eigenvalue weighted by atomic mass is 9.90. The summed E-state index contributed by atoms with van der Waals surface area (Å²) in [6.45, 7) is 7.79. The second-order valence-corrected chi connectivity index (χ2v) is 8.71. The maximum atomic E-state index is 10.6. The fourth-order valence-corrected chi connectivity index (χ4v) is 4.53. The zero-order valence-corrected chi connectivity index (χ0v) is 18.0. The van der Waals surface area contributed by atoms with Gasteiger partial charge in [-0.05, 0) is 43.3 Å². The molecule has 2 aromatic heterocycles. The van der Waals surface area contributed by atoms with Gasteiger partial charge in [0.15, 0.2) is 5.82 Å². The maximum Gasteiger partial charge on any atom is 0.490 e. The van der Waals surface area contributed by atoms with E-state index in [2.05, 4.69) is 43.6 Å². The third-order valence-corrected chi connectivity index (χ3v) is 6.04. The van der Waals surface area contributed by atoms with Gasteiger partial charge in [0.25, 0.3) is 0 Å². The van der Waals surface area contributed by atoms with Gasteiger partial charge in [0.05, 0.1) is 17.9 Å². The minimum atomic E-state index is -5.08. The van der Waals surface area contributed by atoms with E-state index in [0.29, 0.717) is 0 Å². The number of carbonyl (C=O) groups is 1. The quantitative estimate of drug-likeness (QED) is 0.756. The molecule has 2 fully saturated rings. The summed E-state index contributed by atoms with van der Waals surface area (Å²) in [5.41, 5.74) is 0.891. The van der Waals surface area contributed by atoms with Crippen molar-refractivity contribution in [2.75, 3.05) is 37.7 Å². The van der Waals surface area contributed by atoms with Gasteiger partial charge in [0.2, 0.25) is 0 Å². The van der Waals surface area contributed by atoms with Crippen LogP contribution >= 0.6 is 11.3 Å². The van der Waals surface area contributed by atoms with Crippen LogP contribution in [0.15, 0.2) is 29.6 Å². The molecule has 0 aliphatic carbocycles. The van der Waals surface area contributed by atoms with Gasteiger partial charge in [0, 0.05) is 37.6 Å². The number of thiophene rings is 1. The predicted molar refractivity (Wildman–Crippen MR) is 110 cm³/mol. The van der Waals surface area contributed by atoms with Crippen LogP contribution in [0.3, 0.4) is 0 Å². The Kier molecular flexibility index (Phi) is 7.50. The van der Waals surface area contributed by atoms with Gasteiger partial charge in [-0.1, -0.05) is 6.07 Å². The molecule has 2 saturated heterocycles. The number of hydrogen-bond donors (Lipinski definition) is 1. The molecule has 1 spiro atoms. The molecule has 4 heterocycles. The lowest BCUT2D eigenvalue weighted by Crippen LogP contribution is -2.59. The standard InChI is InChI=1S/C18H24N4OS.C2HF3O2/c1-15-5-6-17(20-19-15)22-8-3-7-18(14-22)13-21(9-10-23-18)12-16-4-2-11-24-16;3-2(4,5)1(6)7/h2,4-6,11H,3,7-10,12-14H2,1H3;(H,6,7). The van der Waals surface area contributed by atoms with Gasteiger partial charge < -0.3 is 14.7 Å². The van der Waals surface area contributed by atoms with Crippen LogP contribution in [0.4, 0.5) is 19.0 Å². The van der Waals surface area contributed by atoms with E-state index >= 15 is 0 Å². The van der Waals surface area contributed by atoms with Crippen molar-refractivity contribution < 1.29 is 27.8 Å². The van der Waals surface area contributed by atoms with Crippen molar-refractivity contribution in [1.29, 1.82) is 0 Å². The minimum Gasteiger partial charge on any atom is -0.475 e. The number of morpholine rings is 1. The largest absolute Gasteiger partial charge is 0.490 e. The number of aromatic nitrogens is 2. The molecule has 2 aromatic rings. The molecule has 31 heavy (non-hydrogen) atoms. The average molecular weight is 459 g/mol. The van der Waals surface area contributed by atoms with Crippen molar-refractivity contribution >= 4 is 23.1 Å². The Morgan fingerprint density at radius 1 is 1.26 bits per heavy atom. The molecule has 7 nitrogen and oxygen atoms in total. The summed E-state index contributed by atoms with van der Waals surface area (Å²) in [5, 5.41) is 17.9. The number of rotatable bonds is 3. The van der Waals surface area contributed by atoms with E-state index in [1.54, 1.807) is 0 Å². The van der Waals surface area contributed by atoms with Crippen LogP contribution in [0.5, 0.6) is 0 Å². The number of aliphatic carboxylic acids is 1. The van der Waals surface area contributed by atoms with Crippen molar-refractivity contribution in [1.82, 2.24) is 15.1 Å². The SMILES string of the molecule is Cc1ccc(N2CCCC3(CN(Cc4cccs4)CCO3)C2)nn1.O=C(O)C(F)(F)F. The fourth-order valence-electron chi connectivity index (χ4n) is 3.78. The van der Waals surface area contributed by atoms with Crippen LogP contribution in [0.1, 0.15) is 23.4 Å². The molecule has 0 saturated carbocycles. The van der Waals surface area contributed by atoms with Gasteiger partial charge in [-0.2, -0.15) is 18.3 Å². The first-order chi connectivity index (χ1) is 14.7. The molecule has 4 rings (SSSR count). The number of hydrogen-bond acceptors (Lipinski definition) is 7. The van der Waals surface area contributed by atoms with E-state index in [4.69, 9.17) is 14.6 Å². The maximum absolute atomic E-state index is 10.6. The summed E-state index contributed by atoms with van der Waals surface area (Å²) in [5.74, 6) is -1.79. The zero-order valence-electron chi connectivity index (χ0n) is 17.1. The van der Waals surface area contributed by atoms with Crippen LogP contribution < -0.4 is 4.90 Å². The lowest BCUT2D eigenvalue weighted by molar-refractivity contribution is -0.192. The monoisotopic (exact) mass is 458 g/mol. The van der Waals surface area contributed by atoms with E-state index in [-0.39, 0.29) is 5.60 Å². The van der Waals surface area contributed by atoms with Gasteiger partial charge in [-0.25, -0.2) is 4.79 Å². The number of anilines is 1. The third kappa shape index (κ3) is 6.62. The Bertz CT molecular complexity index is 844. The number of halogens is 3. The zero-order chi connectivity index (χ0) is 22.5. The Morgan fingerprint density at radius 2 is 2.03 bits per heavy atom. The summed E-state index contributed by atoms with van der Waals surface area (Å²) in [6.07, 6.45) is -2.81. The molecule has 1 atom stereocenters. The lowest BCUT2D eigenvalue weighted by Gasteiger charge is -2.48. The molecule has 1 N–H and O–H groups in total. The highest BCUT2D eigenvalue weighted by molar-refractivity contribution is 7.09. The Balaban J connectivity index is 0.000000339. The summed E-state index contributed by atoms with van der Waals surface area (Å²) in [6, 6.07) is 8.47. The molecule has 0 bridgehead atoms.